The van der Waals surface area contributed by atoms with E-state index in [4.69, 9.17) is 4.74 Å². The summed E-state index contributed by atoms with van der Waals surface area (Å²) in [6, 6.07) is 9.88. The van der Waals surface area contributed by atoms with Crippen LogP contribution >= 0.6 is 0 Å². The van der Waals surface area contributed by atoms with Crippen LogP contribution in [0.15, 0.2) is 42.7 Å². The molecule has 1 aromatic heterocycles. The maximum Gasteiger partial charge on any atom is 0.232 e. The first kappa shape index (κ1) is 13.0. The Hall–Kier alpha value is -2.43. The highest BCUT2D eigenvalue weighted by molar-refractivity contribution is 5.89. The predicted octanol–water partition coefficient (Wildman–Crippen LogP) is 2.06. The van der Waals surface area contributed by atoms with Crippen molar-refractivity contribution in [3.8, 4) is 5.88 Å². The number of hydrogen-bond donors (Lipinski definition) is 1. The van der Waals surface area contributed by atoms with E-state index in [2.05, 4.69) is 15.3 Å². The van der Waals surface area contributed by atoms with E-state index >= 15 is 0 Å². The molecule has 1 aromatic carbocycles. The van der Waals surface area contributed by atoms with Crippen molar-refractivity contribution < 1.29 is 9.53 Å². The van der Waals surface area contributed by atoms with Gasteiger partial charge in [0.2, 0.25) is 11.8 Å². The van der Waals surface area contributed by atoms with Crippen LogP contribution in [0, 0.1) is 0 Å². The van der Waals surface area contributed by atoms with Crippen molar-refractivity contribution in [1.82, 2.24) is 9.97 Å². The minimum atomic E-state index is -0.0803. The number of rotatable bonds is 5. The molecule has 0 atom stereocenters. The monoisotopic (exact) mass is 257 g/mol. The molecule has 0 unspecified atom stereocenters. The van der Waals surface area contributed by atoms with Crippen molar-refractivity contribution in [2.75, 3.05) is 12.4 Å². The second-order valence-electron chi connectivity index (χ2n) is 3.98. The summed E-state index contributed by atoms with van der Waals surface area (Å²) in [6.07, 6.45) is 4.06. The second kappa shape index (κ2) is 6.49. The number of aromatic nitrogens is 2. The Morgan fingerprint density at radius 3 is 2.63 bits per heavy atom. The quantitative estimate of drug-likeness (QED) is 0.890. The average molecular weight is 257 g/mol. The third kappa shape index (κ3) is 4.06. The Bertz CT molecular complexity index is 526. The first-order chi connectivity index (χ1) is 9.28. The third-order valence-electron chi connectivity index (χ3n) is 2.59. The van der Waals surface area contributed by atoms with Crippen molar-refractivity contribution in [3.63, 3.8) is 0 Å². The van der Waals surface area contributed by atoms with Crippen LogP contribution in [0.25, 0.3) is 0 Å². The van der Waals surface area contributed by atoms with Crippen LogP contribution in [-0.4, -0.2) is 23.0 Å². The summed E-state index contributed by atoms with van der Waals surface area (Å²) in [5, 5.41) is 2.70. The smallest absolute Gasteiger partial charge is 0.232 e. The van der Waals surface area contributed by atoms with E-state index in [0.717, 1.165) is 5.56 Å². The number of anilines is 1. The van der Waals surface area contributed by atoms with Crippen LogP contribution in [-0.2, 0) is 11.2 Å². The summed E-state index contributed by atoms with van der Waals surface area (Å²) in [6.45, 7) is 0. The van der Waals surface area contributed by atoms with Gasteiger partial charge >= 0.3 is 0 Å². The molecule has 0 bridgehead atoms. The molecule has 98 valence electrons. The first-order valence-electron chi connectivity index (χ1n) is 5.98. The number of ether oxygens (including phenoxy) is 1. The van der Waals surface area contributed by atoms with Gasteiger partial charge in [0.15, 0.2) is 5.82 Å². The van der Waals surface area contributed by atoms with E-state index in [1.165, 1.54) is 19.5 Å². The number of hydrogen-bond acceptors (Lipinski definition) is 4. The number of benzene rings is 1. The van der Waals surface area contributed by atoms with Crippen molar-refractivity contribution in [3.05, 3.63) is 48.3 Å². The fourth-order valence-electron chi connectivity index (χ4n) is 1.59. The highest BCUT2D eigenvalue weighted by atomic mass is 16.5. The minimum Gasteiger partial charge on any atom is -0.480 e. The highest BCUT2D eigenvalue weighted by Crippen LogP contribution is 2.08. The molecule has 0 radical (unpaired) electrons. The highest BCUT2D eigenvalue weighted by Gasteiger charge is 2.04. The van der Waals surface area contributed by atoms with E-state index in [1.54, 1.807) is 0 Å². The summed E-state index contributed by atoms with van der Waals surface area (Å²) in [4.78, 5) is 19.7. The van der Waals surface area contributed by atoms with Gasteiger partial charge in [-0.15, -0.1) is 0 Å². The Morgan fingerprint density at radius 1 is 1.21 bits per heavy atom. The molecule has 19 heavy (non-hydrogen) atoms. The molecule has 5 nitrogen and oxygen atoms in total. The lowest BCUT2D eigenvalue weighted by atomic mass is 10.1. The summed E-state index contributed by atoms with van der Waals surface area (Å²) in [7, 11) is 1.52. The zero-order valence-electron chi connectivity index (χ0n) is 10.7. The number of amides is 1. The largest absolute Gasteiger partial charge is 0.480 e. The molecule has 2 aromatic rings. The van der Waals surface area contributed by atoms with Gasteiger partial charge in [-0.3, -0.25) is 4.79 Å². The average Bonchev–Trinajstić information content (AvgIpc) is 2.47. The molecule has 0 saturated heterocycles. The van der Waals surface area contributed by atoms with Gasteiger partial charge in [-0.25, -0.2) is 9.97 Å². The van der Waals surface area contributed by atoms with Crippen molar-refractivity contribution in [2.24, 2.45) is 0 Å². The maximum atomic E-state index is 11.7. The van der Waals surface area contributed by atoms with Gasteiger partial charge in [0.05, 0.1) is 19.5 Å². The summed E-state index contributed by atoms with van der Waals surface area (Å²) >= 11 is 0. The molecule has 1 heterocycles. The molecule has 0 aliphatic heterocycles. The molecular weight excluding hydrogens is 242 g/mol. The molecular formula is C14H15N3O2. The lowest BCUT2D eigenvalue weighted by molar-refractivity contribution is -0.116. The molecule has 1 amide bonds. The van der Waals surface area contributed by atoms with Crippen molar-refractivity contribution in [2.45, 2.75) is 12.8 Å². The molecule has 1 N–H and O–H groups in total. The lowest BCUT2D eigenvalue weighted by Crippen LogP contribution is -2.13. The predicted molar refractivity (Wildman–Crippen MR) is 72.0 cm³/mol. The topological polar surface area (TPSA) is 64.1 Å². The normalized spacial score (nSPS) is 9.95. The van der Waals surface area contributed by atoms with Crippen LogP contribution in [0.1, 0.15) is 12.0 Å². The lowest BCUT2D eigenvalue weighted by Gasteiger charge is -2.04. The number of methoxy groups -OCH3 is 1. The zero-order chi connectivity index (χ0) is 13.5. The number of nitrogens with one attached hydrogen (secondary N) is 1. The van der Waals surface area contributed by atoms with Crippen LogP contribution in [0.2, 0.25) is 0 Å². The number of carbonyl (C=O) groups excluding carboxylic acids is 1. The minimum absolute atomic E-state index is 0.0803. The Kier molecular flexibility index (Phi) is 4.44. The SMILES string of the molecule is COc1cnc(NC(=O)CCc2ccccc2)cn1. The summed E-state index contributed by atoms with van der Waals surface area (Å²) in [5.41, 5.74) is 1.14. The number of carbonyl (C=O) groups is 1. The number of aryl methyl sites for hydroxylation is 1. The van der Waals surface area contributed by atoms with Gasteiger partial charge in [-0.2, -0.15) is 0 Å². The van der Waals surface area contributed by atoms with Crippen LogP contribution in [0.5, 0.6) is 5.88 Å². The maximum absolute atomic E-state index is 11.7. The molecule has 0 fully saturated rings. The first-order valence-corrected chi connectivity index (χ1v) is 5.98. The van der Waals surface area contributed by atoms with Crippen molar-refractivity contribution >= 4 is 11.7 Å². The van der Waals surface area contributed by atoms with Gasteiger partial charge in [0, 0.05) is 6.42 Å². The standard InChI is InChI=1S/C14H15N3O2/c1-19-14-10-15-12(9-16-14)17-13(18)8-7-11-5-3-2-4-6-11/h2-6,9-10H,7-8H2,1H3,(H,15,17,18). The van der Waals surface area contributed by atoms with E-state index in [0.29, 0.717) is 24.5 Å². The van der Waals surface area contributed by atoms with Crippen LogP contribution < -0.4 is 10.1 Å². The van der Waals surface area contributed by atoms with Gasteiger partial charge in [-0.05, 0) is 12.0 Å². The fourth-order valence-corrected chi connectivity index (χ4v) is 1.59. The second-order valence-corrected chi connectivity index (χ2v) is 3.98. The Balaban J connectivity index is 1.83. The molecule has 0 aliphatic carbocycles. The summed E-state index contributed by atoms with van der Waals surface area (Å²) < 4.78 is 4.89. The zero-order valence-corrected chi connectivity index (χ0v) is 10.7. The van der Waals surface area contributed by atoms with Crippen molar-refractivity contribution in [1.29, 1.82) is 0 Å². The van der Waals surface area contributed by atoms with E-state index < -0.39 is 0 Å². The molecule has 0 saturated carbocycles. The van der Waals surface area contributed by atoms with E-state index in [1.807, 2.05) is 30.3 Å². The Morgan fingerprint density at radius 2 is 2.00 bits per heavy atom. The van der Waals surface area contributed by atoms with Crippen LogP contribution in [0.3, 0.4) is 0 Å². The third-order valence-corrected chi connectivity index (χ3v) is 2.59. The van der Waals surface area contributed by atoms with Gasteiger partial charge in [0.1, 0.15) is 0 Å². The number of nitrogens with zero attached hydrogens (tertiary/aromatic N) is 2. The van der Waals surface area contributed by atoms with Crippen LogP contribution in [0.4, 0.5) is 5.82 Å². The van der Waals surface area contributed by atoms with E-state index in [-0.39, 0.29) is 5.91 Å². The Labute approximate surface area is 111 Å². The van der Waals surface area contributed by atoms with Gasteiger partial charge < -0.3 is 10.1 Å². The van der Waals surface area contributed by atoms with Gasteiger partial charge in [0.25, 0.3) is 0 Å². The van der Waals surface area contributed by atoms with E-state index in [9.17, 15) is 4.79 Å². The molecule has 5 heteroatoms. The molecule has 2 rings (SSSR count). The summed E-state index contributed by atoms with van der Waals surface area (Å²) in [5.74, 6) is 0.768. The molecule has 0 aliphatic rings. The molecule has 0 spiro atoms. The van der Waals surface area contributed by atoms with Gasteiger partial charge in [-0.1, -0.05) is 30.3 Å². The fraction of sp³-hybridized carbons (Fsp3) is 0.214.